The lowest BCUT2D eigenvalue weighted by Gasteiger charge is -2.20. The van der Waals surface area contributed by atoms with E-state index in [2.05, 4.69) is 49.4 Å². The number of rotatable bonds is 0. The second kappa shape index (κ2) is 3.67. The summed E-state index contributed by atoms with van der Waals surface area (Å²) in [6.45, 7) is 6.53. The van der Waals surface area contributed by atoms with E-state index in [1.165, 1.54) is 9.13 Å². The Balaban J connectivity index is 3.23. The molecule has 0 amide bonds. The number of benzene rings is 1. The molecule has 2 heteroatoms. The molecule has 0 unspecified atom stereocenters. The Morgan fingerprint density at radius 2 is 1.92 bits per heavy atom. The molecule has 0 aliphatic carbocycles. The van der Waals surface area contributed by atoms with Crippen molar-refractivity contribution in [1.29, 1.82) is 5.26 Å². The van der Waals surface area contributed by atoms with Crippen LogP contribution in [0.2, 0.25) is 0 Å². The fourth-order valence-electron chi connectivity index (χ4n) is 1.19. The lowest BCUT2D eigenvalue weighted by atomic mass is 9.87. The number of hydrogen-bond donors (Lipinski definition) is 0. The molecule has 0 aliphatic rings. The number of nitrogens with zero attached hydrogens (tertiary/aromatic N) is 1. The molecule has 68 valence electrons. The van der Waals surface area contributed by atoms with Gasteiger partial charge in [-0.25, -0.2) is 0 Å². The van der Waals surface area contributed by atoms with E-state index in [-0.39, 0.29) is 5.41 Å². The normalized spacial score (nSPS) is 11.0. The molecule has 0 aliphatic heterocycles. The lowest BCUT2D eigenvalue weighted by Crippen LogP contribution is -2.12. The highest BCUT2D eigenvalue weighted by Crippen LogP contribution is 2.27. The Labute approximate surface area is 92.9 Å². The van der Waals surface area contributed by atoms with E-state index >= 15 is 0 Å². The van der Waals surface area contributed by atoms with E-state index in [1.54, 1.807) is 0 Å². The van der Waals surface area contributed by atoms with Crippen molar-refractivity contribution in [3.05, 3.63) is 32.9 Å². The summed E-state index contributed by atoms with van der Waals surface area (Å²) in [7, 11) is 0. The van der Waals surface area contributed by atoms with Gasteiger partial charge in [0, 0.05) is 3.57 Å². The highest BCUT2D eigenvalue weighted by molar-refractivity contribution is 14.1. The maximum atomic E-state index is 8.70. The predicted octanol–water partition coefficient (Wildman–Crippen LogP) is 3.46. The summed E-state index contributed by atoms with van der Waals surface area (Å²) in [5.41, 5.74) is 2.19. The van der Waals surface area contributed by atoms with Gasteiger partial charge in [-0.3, -0.25) is 0 Å². The molecule has 0 radical (unpaired) electrons. The van der Waals surface area contributed by atoms with Crippen molar-refractivity contribution in [3.8, 4) is 6.07 Å². The van der Waals surface area contributed by atoms with Crippen LogP contribution >= 0.6 is 22.6 Å². The Morgan fingerprint density at radius 1 is 1.31 bits per heavy atom. The molecule has 0 aromatic heterocycles. The van der Waals surface area contributed by atoms with Crippen LogP contribution in [0, 0.1) is 14.9 Å². The summed E-state index contributed by atoms with van der Waals surface area (Å²) in [4.78, 5) is 0. The van der Waals surface area contributed by atoms with E-state index < -0.39 is 0 Å². The molecule has 0 heterocycles. The highest BCUT2D eigenvalue weighted by Gasteiger charge is 2.16. The van der Waals surface area contributed by atoms with Crippen molar-refractivity contribution < 1.29 is 0 Å². The molecule has 0 atom stereocenters. The smallest absolute Gasteiger partial charge is 0.0991 e. The fourth-order valence-corrected chi connectivity index (χ4v) is 2.52. The van der Waals surface area contributed by atoms with Crippen LogP contribution in [0.15, 0.2) is 18.2 Å². The topological polar surface area (TPSA) is 23.8 Å². The van der Waals surface area contributed by atoms with Crippen molar-refractivity contribution in [2.24, 2.45) is 0 Å². The summed E-state index contributed by atoms with van der Waals surface area (Å²) in [5.74, 6) is 0. The van der Waals surface area contributed by atoms with Gasteiger partial charge in [-0.15, -0.1) is 0 Å². The monoisotopic (exact) mass is 285 g/mol. The zero-order valence-electron chi connectivity index (χ0n) is 8.06. The summed E-state index contributed by atoms with van der Waals surface area (Å²) < 4.78 is 1.17. The minimum absolute atomic E-state index is 0.157. The maximum Gasteiger partial charge on any atom is 0.0991 e. The average molecular weight is 285 g/mol. The standard InChI is InChI=1S/C11H12IN/c1-11(2,3)9-5-4-8(7-13)6-10(9)12/h4-6H,1-3H3. The molecular formula is C11H12IN. The first-order chi connectivity index (χ1) is 5.95. The molecule has 0 bridgehead atoms. The van der Waals surface area contributed by atoms with Gasteiger partial charge in [-0.05, 0) is 45.7 Å². The summed E-state index contributed by atoms with van der Waals surface area (Å²) in [6.07, 6.45) is 0. The first-order valence-electron chi connectivity index (χ1n) is 4.15. The second-order valence-corrected chi connectivity index (χ2v) is 5.22. The molecule has 0 spiro atoms. The molecule has 0 N–H and O–H groups in total. The quantitative estimate of drug-likeness (QED) is 0.670. The SMILES string of the molecule is CC(C)(C)c1ccc(C#N)cc1I. The van der Waals surface area contributed by atoms with Crippen LogP contribution < -0.4 is 0 Å². The van der Waals surface area contributed by atoms with E-state index in [0.29, 0.717) is 0 Å². The van der Waals surface area contributed by atoms with Crippen LogP contribution in [-0.2, 0) is 5.41 Å². The third-order valence-electron chi connectivity index (χ3n) is 1.91. The van der Waals surface area contributed by atoms with Crippen molar-refractivity contribution in [2.45, 2.75) is 26.2 Å². The van der Waals surface area contributed by atoms with Gasteiger partial charge in [-0.2, -0.15) is 5.26 Å². The van der Waals surface area contributed by atoms with Crippen LogP contribution in [-0.4, -0.2) is 0 Å². The summed E-state index contributed by atoms with van der Waals surface area (Å²) >= 11 is 2.28. The molecule has 13 heavy (non-hydrogen) atoms. The van der Waals surface area contributed by atoms with E-state index in [0.717, 1.165) is 5.56 Å². The molecule has 1 aromatic carbocycles. The Kier molecular flexibility index (Phi) is 2.97. The van der Waals surface area contributed by atoms with Crippen molar-refractivity contribution in [2.75, 3.05) is 0 Å². The highest BCUT2D eigenvalue weighted by atomic mass is 127. The Bertz CT molecular complexity index is 355. The second-order valence-electron chi connectivity index (χ2n) is 4.06. The van der Waals surface area contributed by atoms with E-state index in [4.69, 9.17) is 5.26 Å². The molecule has 1 rings (SSSR count). The first-order valence-corrected chi connectivity index (χ1v) is 5.23. The largest absolute Gasteiger partial charge is 0.192 e. The van der Waals surface area contributed by atoms with Gasteiger partial charge in [0.2, 0.25) is 0 Å². The molecular weight excluding hydrogens is 273 g/mol. The molecule has 0 saturated carbocycles. The van der Waals surface area contributed by atoms with Crippen LogP contribution in [0.3, 0.4) is 0 Å². The van der Waals surface area contributed by atoms with Crippen LogP contribution in [0.25, 0.3) is 0 Å². The Hall–Kier alpha value is -0.560. The van der Waals surface area contributed by atoms with Gasteiger partial charge in [0.25, 0.3) is 0 Å². The van der Waals surface area contributed by atoms with Crippen molar-refractivity contribution >= 4 is 22.6 Å². The van der Waals surface area contributed by atoms with Gasteiger partial charge in [-0.1, -0.05) is 26.8 Å². The summed E-state index contributed by atoms with van der Waals surface area (Å²) in [6, 6.07) is 7.99. The minimum atomic E-state index is 0.157. The third-order valence-corrected chi connectivity index (χ3v) is 2.80. The fraction of sp³-hybridized carbons (Fsp3) is 0.364. The average Bonchev–Trinajstić information content (AvgIpc) is 2.01. The van der Waals surface area contributed by atoms with E-state index in [9.17, 15) is 0 Å². The Morgan fingerprint density at radius 3 is 2.31 bits per heavy atom. The van der Waals surface area contributed by atoms with Gasteiger partial charge in [0.05, 0.1) is 11.6 Å². The van der Waals surface area contributed by atoms with E-state index in [1.807, 2.05) is 18.2 Å². The molecule has 1 nitrogen and oxygen atoms in total. The van der Waals surface area contributed by atoms with Gasteiger partial charge in [0.15, 0.2) is 0 Å². The zero-order valence-corrected chi connectivity index (χ0v) is 10.2. The lowest BCUT2D eigenvalue weighted by molar-refractivity contribution is 0.586. The molecule has 1 aromatic rings. The third kappa shape index (κ3) is 2.44. The minimum Gasteiger partial charge on any atom is -0.192 e. The van der Waals surface area contributed by atoms with Gasteiger partial charge >= 0.3 is 0 Å². The number of halogens is 1. The van der Waals surface area contributed by atoms with Crippen molar-refractivity contribution in [1.82, 2.24) is 0 Å². The maximum absolute atomic E-state index is 8.70. The number of nitriles is 1. The van der Waals surface area contributed by atoms with Crippen molar-refractivity contribution in [3.63, 3.8) is 0 Å². The van der Waals surface area contributed by atoms with Gasteiger partial charge < -0.3 is 0 Å². The summed E-state index contributed by atoms with van der Waals surface area (Å²) in [5, 5.41) is 8.70. The molecule has 0 saturated heterocycles. The predicted molar refractivity (Wildman–Crippen MR) is 62.6 cm³/mol. The van der Waals surface area contributed by atoms with Crippen LogP contribution in [0.1, 0.15) is 31.9 Å². The zero-order chi connectivity index (χ0) is 10.1. The van der Waals surface area contributed by atoms with Crippen LogP contribution in [0.5, 0.6) is 0 Å². The van der Waals surface area contributed by atoms with Crippen LogP contribution in [0.4, 0.5) is 0 Å². The van der Waals surface area contributed by atoms with Gasteiger partial charge in [0.1, 0.15) is 0 Å². The first kappa shape index (κ1) is 10.5. The molecule has 0 fully saturated rings. The number of hydrogen-bond acceptors (Lipinski definition) is 1.